The van der Waals surface area contributed by atoms with Crippen molar-refractivity contribution in [3.8, 4) is 0 Å². The number of halogens is 3. The van der Waals surface area contributed by atoms with Crippen LogP contribution >= 0.6 is 11.8 Å². The first-order valence-corrected chi connectivity index (χ1v) is 7.05. The van der Waals surface area contributed by atoms with E-state index in [1.54, 1.807) is 6.07 Å². The number of alkyl halides is 3. The zero-order valence-electron chi connectivity index (χ0n) is 9.96. The highest BCUT2D eigenvalue weighted by Crippen LogP contribution is 2.32. The van der Waals surface area contributed by atoms with Gasteiger partial charge < -0.3 is 5.32 Å². The Labute approximate surface area is 109 Å². The van der Waals surface area contributed by atoms with E-state index in [0.29, 0.717) is 10.8 Å². The molecule has 1 aromatic rings. The Hall–Kier alpha value is -0.680. The molecule has 18 heavy (non-hydrogen) atoms. The molecule has 0 amide bonds. The van der Waals surface area contributed by atoms with Gasteiger partial charge in [0.05, 0.1) is 5.56 Å². The molecule has 0 aliphatic carbocycles. The maximum atomic E-state index is 12.5. The van der Waals surface area contributed by atoms with Crippen LogP contribution in [-0.4, -0.2) is 18.8 Å². The highest BCUT2D eigenvalue weighted by Gasteiger charge is 2.30. The second kappa shape index (κ2) is 5.97. The molecule has 1 fully saturated rings. The zero-order chi connectivity index (χ0) is 13.0. The summed E-state index contributed by atoms with van der Waals surface area (Å²) in [4.78, 5) is 0.711. The first-order valence-electron chi connectivity index (χ1n) is 6.06. The van der Waals surface area contributed by atoms with Crippen LogP contribution in [0.4, 0.5) is 13.2 Å². The summed E-state index contributed by atoms with van der Waals surface area (Å²) in [6.07, 6.45) is -2.01. The van der Waals surface area contributed by atoms with E-state index in [0.717, 1.165) is 37.8 Å². The SMILES string of the molecule is FC(F)(F)c1cccc(SCC2CCNCC2)c1. The minimum absolute atomic E-state index is 0.558. The van der Waals surface area contributed by atoms with Crippen LogP contribution in [0.15, 0.2) is 29.2 Å². The average Bonchev–Trinajstić information content (AvgIpc) is 2.37. The fourth-order valence-corrected chi connectivity index (χ4v) is 3.17. The summed E-state index contributed by atoms with van der Waals surface area (Å²) in [6, 6.07) is 5.59. The summed E-state index contributed by atoms with van der Waals surface area (Å²) >= 11 is 1.53. The molecule has 0 spiro atoms. The number of nitrogens with one attached hydrogen (secondary N) is 1. The number of benzene rings is 1. The quantitative estimate of drug-likeness (QED) is 0.842. The standard InChI is InChI=1S/C13H16F3NS/c14-13(15,16)11-2-1-3-12(8-11)18-9-10-4-6-17-7-5-10/h1-3,8,10,17H,4-7,9H2. The molecule has 1 heterocycles. The Balaban J connectivity index is 1.92. The lowest BCUT2D eigenvalue weighted by Crippen LogP contribution is -2.28. The lowest BCUT2D eigenvalue weighted by atomic mass is 10.0. The van der Waals surface area contributed by atoms with Crippen molar-refractivity contribution >= 4 is 11.8 Å². The van der Waals surface area contributed by atoms with E-state index < -0.39 is 11.7 Å². The number of hydrogen-bond donors (Lipinski definition) is 1. The van der Waals surface area contributed by atoms with Crippen LogP contribution in [0.2, 0.25) is 0 Å². The van der Waals surface area contributed by atoms with Crippen molar-refractivity contribution in [2.24, 2.45) is 5.92 Å². The smallest absolute Gasteiger partial charge is 0.317 e. The summed E-state index contributed by atoms with van der Waals surface area (Å²) < 4.78 is 37.6. The van der Waals surface area contributed by atoms with Crippen molar-refractivity contribution in [3.63, 3.8) is 0 Å². The molecule has 5 heteroatoms. The van der Waals surface area contributed by atoms with Crippen LogP contribution < -0.4 is 5.32 Å². The molecule has 2 rings (SSSR count). The van der Waals surface area contributed by atoms with Gasteiger partial charge >= 0.3 is 6.18 Å². The minimum atomic E-state index is -4.24. The molecular weight excluding hydrogens is 259 g/mol. The van der Waals surface area contributed by atoms with Gasteiger partial charge in [0.2, 0.25) is 0 Å². The highest BCUT2D eigenvalue weighted by molar-refractivity contribution is 7.99. The summed E-state index contributed by atoms with van der Waals surface area (Å²) in [5.41, 5.74) is -0.558. The van der Waals surface area contributed by atoms with Crippen LogP contribution in [0.3, 0.4) is 0 Å². The van der Waals surface area contributed by atoms with Gasteiger partial charge in [0, 0.05) is 10.6 Å². The van der Waals surface area contributed by atoms with E-state index in [9.17, 15) is 13.2 Å². The van der Waals surface area contributed by atoms with Crippen LogP contribution in [0, 0.1) is 5.92 Å². The summed E-state index contributed by atoms with van der Waals surface area (Å²) in [5.74, 6) is 1.52. The molecule has 1 aliphatic heterocycles. The molecule has 0 radical (unpaired) electrons. The first kappa shape index (κ1) is 13.7. The molecule has 1 nitrogen and oxygen atoms in total. The van der Waals surface area contributed by atoms with Gasteiger partial charge in [-0.3, -0.25) is 0 Å². The zero-order valence-corrected chi connectivity index (χ0v) is 10.8. The summed E-state index contributed by atoms with van der Waals surface area (Å²) in [5, 5.41) is 3.28. The molecule has 1 aliphatic rings. The molecule has 0 saturated carbocycles. The Bertz CT molecular complexity index is 386. The number of hydrogen-bond acceptors (Lipinski definition) is 2. The molecule has 0 unspecified atom stereocenters. The minimum Gasteiger partial charge on any atom is -0.317 e. The topological polar surface area (TPSA) is 12.0 Å². The highest BCUT2D eigenvalue weighted by atomic mass is 32.2. The maximum Gasteiger partial charge on any atom is 0.416 e. The van der Waals surface area contributed by atoms with Crippen molar-refractivity contribution in [1.82, 2.24) is 5.32 Å². The largest absolute Gasteiger partial charge is 0.416 e. The van der Waals surface area contributed by atoms with E-state index in [-0.39, 0.29) is 0 Å². The average molecular weight is 275 g/mol. The van der Waals surface area contributed by atoms with E-state index >= 15 is 0 Å². The van der Waals surface area contributed by atoms with E-state index in [1.807, 2.05) is 0 Å². The predicted octanol–water partition coefficient (Wildman–Crippen LogP) is 3.80. The predicted molar refractivity (Wildman–Crippen MR) is 67.8 cm³/mol. The second-order valence-electron chi connectivity index (χ2n) is 4.53. The van der Waals surface area contributed by atoms with Crippen LogP contribution in [0.1, 0.15) is 18.4 Å². The Morgan fingerprint density at radius 2 is 1.94 bits per heavy atom. The third-order valence-corrected chi connectivity index (χ3v) is 4.33. The maximum absolute atomic E-state index is 12.5. The first-order chi connectivity index (χ1) is 8.55. The monoisotopic (exact) mass is 275 g/mol. The summed E-state index contributed by atoms with van der Waals surface area (Å²) in [7, 11) is 0. The second-order valence-corrected chi connectivity index (χ2v) is 5.62. The fourth-order valence-electron chi connectivity index (χ4n) is 2.02. The molecule has 1 aromatic carbocycles. The van der Waals surface area contributed by atoms with Gasteiger partial charge in [-0.05, 0) is 50.0 Å². The third-order valence-electron chi connectivity index (χ3n) is 3.11. The third kappa shape index (κ3) is 3.92. The number of piperidine rings is 1. The van der Waals surface area contributed by atoms with Gasteiger partial charge in [-0.2, -0.15) is 13.2 Å². The molecular formula is C13H16F3NS. The Kier molecular flexibility index (Phi) is 4.56. The lowest BCUT2D eigenvalue weighted by molar-refractivity contribution is -0.137. The fraction of sp³-hybridized carbons (Fsp3) is 0.538. The molecule has 100 valence electrons. The van der Waals surface area contributed by atoms with Crippen LogP contribution in [0.25, 0.3) is 0 Å². The van der Waals surface area contributed by atoms with Gasteiger partial charge in [-0.1, -0.05) is 6.07 Å². The van der Waals surface area contributed by atoms with Gasteiger partial charge in [0.25, 0.3) is 0 Å². The molecule has 0 atom stereocenters. The van der Waals surface area contributed by atoms with Gasteiger partial charge in [-0.15, -0.1) is 11.8 Å². The Morgan fingerprint density at radius 1 is 1.22 bits per heavy atom. The van der Waals surface area contributed by atoms with E-state index in [4.69, 9.17) is 0 Å². The molecule has 1 N–H and O–H groups in total. The molecule has 0 aromatic heterocycles. The van der Waals surface area contributed by atoms with Crippen LogP contribution in [-0.2, 0) is 6.18 Å². The summed E-state index contributed by atoms with van der Waals surface area (Å²) in [6.45, 7) is 2.04. The number of rotatable bonds is 3. The van der Waals surface area contributed by atoms with Crippen molar-refractivity contribution in [1.29, 1.82) is 0 Å². The van der Waals surface area contributed by atoms with Crippen LogP contribution in [0.5, 0.6) is 0 Å². The Morgan fingerprint density at radius 3 is 2.61 bits per heavy atom. The molecule has 1 saturated heterocycles. The van der Waals surface area contributed by atoms with Crippen molar-refractivity contribution in [2.75, 3.05) is 18.8 Å². The van der Waals surface area contributed by atoms with E-state index in [2.05, 4.69) is 5.32 Å². The van der Waals surface area contributed by atoms with Crippen molar-refractivity contribution < 1.29 is 13.2 Å². The van der Waals surface area contributed by atoms with Crippen molar-refractivity contribution in [3.05, 3.63) is 29.8 Å². The number of thioether (sulfide) groups is 1. The van der Waals surface area contributed by atoms with Gasteiger partial charge in [0.15, 0.2) is 0 Å². The normalized spacial score (nSPS) is 17.9. The van der Waals surface area contributed by atoms with E-state index in [1.165, 1.54) is 23.9 Å². The van der Waals surface area contributed by atoms with Gasteiger partial charge in [0.1, 0.15) is 0 Å². The van der Waals surface area contributed by atoms with Crippen molar-refractivity contribution in [2.45, 2.75) is 23.9 Å². The van der Waals surface area contributed by atoms with Gasteiger partial charge in [-0.25, -0.2) is 0 Å². The lowest BCUT2D eigenvalue weighted by Gasteiger charge is -2.22. The molecule has 0 bridgehead atoms.